The van der Waals surface area contributed by atoms with Gasteiger partial charge in [0.05, 0.1) is 12.7 Å². The first kappa shape index (κ1) is 18.2. The van der Waals surface area contributed by atoms with Gasteiger partial charge in [-0.15, -0.1) is 0 Å². The van der Waals surface area contributed by atoms with Gasteiger partial charge in [-0.25, -0.2) is 4.68 Å². The molecule has 2 aliphatic rings. The Bertz CT molecular complexity index is 1170. The highest BCUT2D eigenvalue weighted by Gasteiger charge is 2.57. The van der Waals surface area contributed by atoms with E-state index in [2.05, 4.69) is 10.4 Å². The van der Waals surface area contributed by atoms with Gasteiger partial charge < -0.3 is 10.2 Å². The summed E-state index contributed by atoms with van der Waals surface area (Å²) in [5.41, 5.74) is 1.85. The molecule has 2 aromatic carbocycles. The van der Waals surface area contributed by atoms with Crippen molar-refractivity contribution in [2.75, 3.05) is 17.3 Å². The molecule has 8 heteroatoms. The Kier molecular flexibility index (Phi) is 3.98. The zero-order valence-corrected chi connectivity index (χ0v) is 17.0. The maximum atomic E-state index is 13.4. The molecule has 0 fully saturated rings. The molecule has 1 aromatic heterocycles. The standard InChI is InChI=1S/C21H16Cl2N4O2/c1-26-16-4-2-3-15(23)18(16)21(20(26)29)9-17(28)25-19-14(21)10-24-27(19)11-12-5-7-13(22)8-6-12/h2-8,10H,9,11H2,1H3,(H,25,28). The summed E-state index contributed by atoms with van der Waals surface area (Å²) in [6, 6.07) is 12.8. The molecule has 1 unspecified atom stereocenters. The van der Waals surface area contributed by atoms with Gasteiger partial charge in [0.2, 0.25) is 11.8 Å². The second-order valence-electron chi connectivity index (χ2n) is 7.32. The number of nitrogens with one attached hydrogen (secondary N) is 1. The average molecular weight is 427 g/mol. The predicted octanol–water partition coefficient (Wildman–Crippen LogP) is 3.84. The predicted molar refractivity (Wildman–Crippen MR) is 112 cm³/mol. The normalized spacial score (nSPS) is 20.0. The van der Waals surface area contributed by atoms with E-state index >= 15 is 0 Å². The Morgan fingerprint density at radius 1 is 1.14 bits per heavy atom. The first-order chi connectivity index (χ1) is 13.9. The minimum atomic E-state index is -1.17. The Morgan fingerprint density at radius 2 is 1.90 bits per heavy atom. The van der Waals surface area contributed by atoms with Crippen molar-refractivity contribution in [2.45, 2.75) is 18.4 Å². The molecule has 146 valence electrons. The lowest BCUT2D eigenvalue weighted by Crippen LogP contribution is -2.45. The molecule has 0 radical (unpaired) electrons. The van der Waals surface area contributed by atoms with Crippen LogP contribution in [0.3, 0.4) is 0 Å². The quantitative estimate of drug-likeness (QED) is 0.676. The average Bonchev–Trinajstić information content (AvgIpc) is 3.18. The number of nitrogens with zero attached hydrogens (tertiary/aromatic N) is 3. The van der Waals surface area contributed by atoms with Gasteiger partial charge in [-0.05, 0) is 29.8 Å². The summed E-state index contributed by atoms with van der Waals surface area (Å²) in [5, 5.41) is 8.50. The highest BCUT2D eigenvalue weighted by Crippen LogP contribution is 2.54. The summed E-state index contributed by atoms with van der Waals surface area (Å²) in [7, 11) is 1.70. The van der Waals surface area contributed by atoms with Gasteiger partial charge in [0.15, 0.2) is 0 Å². The van der Waals surface area contributed by atoms with Crippen LogP contribution in [0, 0.1) is 0 Å². The third-order valence-corrected chi connectivity index (χ3v) is 6.24. The number of benzene rings is 2. The monoisotopic (exact) mass is 426 g/mol. The van der Waals surface area contributed by atoms with Crippen molar-refractivity contribution < 1.29 is 9.59 Å². The molecule has 29 heavy (non-hydrogen) atoms. The van der Waals surface area contributed by atoms with Crippen LogP contribution < -0.4 is 10.2 Å². The third kappa shape index (κ3) is 2.52. The number of amides is 2. The van der Waals surface area contributed by atoms with Crippen molar-refractivity contribution in [1.82, 2.24) is 9.78 Å². The zero-order chi connectivity index (χ0) is 20.3. The van der Waals surface area contributed by atoms with Crippen LogP contribution in [0.15, 0.2) is 48.7 Å². The third-order valence-electron chi connectivity index (χ3n) is 5.68. The van der Waals surface area contributed by atoms with Crippen LogP contribution in [0.5, 0.6) is 0 Å². The zero-order valence-electron chi connectivity index (χ0n) is 15.4. The summed E-state index contributed by atoms with van der Waals surface area (Å²) in [4.78, 5) is 27.7. The summed E-state index contributed by atoms with van der Waals surface area (Å²) in [6.07, 6.45) is 1.65. The molecule has 2 aliphatic heterocycles. The topological polar surface area (TPSA) is 67.2 Å². The molecule has 2 amide bonds. The van der Waals surface area contributed by atoms with E-state index in [1.165, 1.54) is 0 Å². The van der Waals surface area contributed by atoms with E-state index in [1.807, 2.05) is 18.2 Å². The number of aromatic nitrogens is 2. The van der Waals surface area contributed by atoms with Crippen molar-refractivity contribution >= 4 is 46.5 Å². The Morgan fingerprint density at radius 3 is 2.66 bits per heavy atom. The van der Waals surface area contributed by atoms with Crippen LogP contribution in [-0.4, -0.2) is 28.6 Å². The van der Waals surface area contributed by atoms with Crippen LogP contribution >= 0.6 is 23.2 Å². The number of carbonyl (C=O) groups is 2. The number of carbonyl (C=O) groups excluding carboxylic acids is 2. The molecule has 0 saturated heterocycles. The smallest absolute Gasteiger partial charge is 0.242 e. The minimum absolute atomic E-state index is 0.00740. The molecule has 5 rings (SSSR count). The SMILES string of the molecule is CN1C(=O)C2(CC(=O)Nc3c2cnn3Cc2ccc(Cl)cc2)c2c(Cl)cccc21. The van der Waals surface area contributed by atoms with E-state index < -0.39 is 5.41 Å². The van der Waals surface area contributed by atoms with Gasteiger partial charge in [0.1, 0.15) is 11.2 Å². The number of halogens is 2. The molecule has 0 saturated carbocycles. The molecular weight excluding hydrogens is 411 g/mol. The molecule has 1 spiro atoms. The fourth-order valence-electron chi connectivity index (χ4n) is 4.36. The lowest BCUT2D eigenvalue weighted by Gasteiger charge is -2.32. The van der Waals surface area contributed by atoms with Crippen molar-refractivity contribution in [2.24, 2.45) is 0 Å². The molecule has 6 nitrogen and oxygen atoms in total. The van der Waals surface area contributed by atoms with E-state index in [0.717, 1.165) is 5.56 Å². The second-order valence-corrected chi connectivity index (χ2v) is 8.16. The number of likely N-dealkylation sites (N-methyl/N-ethyl adjacent to an activating group) is 1. The Labute approximate surface area is 177 Å². The maximum Gasteiger partial charge on any atom is 0.242 e. The first-order valence-corrected chi connectivity index (χ1v) is 9.85. The summed E-state index contributed by atoms with van der Waals surface area (Å²) in [5.74, 6) is 0.0957. The maximum absolute atomic E-state index is 13.4. The number of anilines is 2. The van der Waals surface area contributed by atoms with Gasteiger partial charge >= 0.3 is 0 Å². The number of hydrogen-bond donors (Lipinski definition) is 1. The van der Waals surface area contributed by atoms with Crippen molar-refractivity contribution in [1.29, 1.82) is 0 Å². The summed E-state index contributed by atoms with van der Waals surface area (Å²) >= 11 is 12.5. The van der Waals surface area contributed by atoms with Crippen molar-refractivity contribution in [3.8, 4) is 0 Å². The fraction of sp³-hybridized carbons (Fsp3) is 0.190. The Hall–Kier alpha value is -2.83. The largest absolute Gasteiger partial charge is 0.314 e. The van der Waals surface area contributed by atoms with Crippen LogP contribution in [0.4, 0.5) is 11.5 Å². The van der Waals surface area contributed by atoms with Gasteiger partial charge in [-0.1, -0.05) is 41.4 Å². The number of rotatable bonds is 2. The van der Waals surface area contributed by atoms with Crippen molar-refractivity contribution in [3.05, 3.63) is 75.4 Å². The van der Waals surface area contributed by atoms with E-state index in [9.17, 15) is 9.59 Å². The van der Waals surface area contributed by atoms with Crippen molar-refractivity contribution in [3.63, 3.8) is 0 Å². The lowest BCUT2D eigenvalue weighted by molar-refractivity contribution is -0.126. The van der Waals surface area contributed by atoms with Crippen LogP contribution in [0.1, 0.15) is 23.1 Å². The van der Waals surface area contributed by atoms with Crippen LogP contribution in [0.25, 0.3) is 0 Å². The fourth-order valence-corrected chi connectivity index (χ4v) is 4.81. The highest BCUT2D eigenvalue weighted by molar-refractivity contribution is 6.34. The van der Waals surface area contributed by atoms with Crippen LogP contribution in [-0.2, 0) is 21.5 Å². The molecule has 3 heterocycles. The first-order valence-electron chi connectivity index (χ1n) is 9.09. The lowest BCUT2D eigenvalue weighted by atomic mass is 9.71. The second kappa shape index (κ2) is 6.34. The van der Waals surface area contributed by atoms with E-state index in [-0.39, 0.29) is 18.2 Å². The number of fused-ring (bicyclic) bond motifs is 4. The molecule has 1 N–H and O–H groups in total. The molecule has 0 aliphatic carbocycles. The summed E-state index contributed by atoms with van der Waals surface area (Å²) in [6.45, 7) is 0.433. The Balaban J connectivity index is 1.68. The van der Waals surface area contributed by atoms with Gasteiger partial charge in [0.25, 0.3) is 0 Å². The van der Waals surface area contributed by atoms with E-state index in [1.54, 1.807) is 47.1 Å². The molecular formula is C21H16Cl2N4O2. The van der Waals surface area contributed by atoms with E-state index in [0.29, 0.717) is 39.2 Å². The van der Waals surface area contributed by atoms with Gasteiger partial charge in [-0.3, -0.25) is 9.59 Å². The van der Waals surface area contributed by atoms with Gasteiger partial charge in [-0.2, -0.15) is 5.10 Å². The van der Waals surface area contributed by atoms with Crippen LogP contribution in [0.2, 0.25) is 10.0 Å². The molecule has 1 atom stereocenters. The molecule has 0 bridgehead atoms. The number of hydrogen-bond acceptors (Lipinski definition) is 3. The molecule has 3 aromatic rings. The summed E-state index contributed by atoms with van der Waals surface area (Å²) < 4.78 is 1.69. The highest BCUT2D eigenvalue weighted by atomic mass is 35.5. The minimum Gasteiger partial charge on any atom is -0.314 e. The van der Waals surface area contributed by atoms with E-state index in [4.69, 9.17) is 23.2 Å². The van der Waals surface area contributed by atoms with Gasteiger partial charge in [0, 0.05) is 40.3 Å².